The number of ether oxygens (including phenoxy) is 2. The number of carbonyl (C=O) groups excluding carboxylic acids is 1. The fourth-order valence-corrected chi connectivity index (χ4v) is 5.44. The van der Waals surface area contributed by atoms with E-state index in [-0.39, 0.29) is 30.2 Å². The first-order valence-corrected chi connectivity index (χ1v) is 16.1. The van der Waals surface area contributed by atoms with Crippen molar-refractivity contribution in [1.29, 1.82) is 0 Å². The van der Waals surface area contributed by atoms with Gasteiger partial charge < -0.3 is 19.6 Å². The standard InChI is InChI=1S/C36H55NO4/c1-6-7-8-9-10-11-12-13-14-15-16-17-18-19-20-21-34(38)40-27-31(35(2,3)39)30-26-37-32-23-22-28(24-29(30)32)25-33-36(4,5)41-33/h10-11,13-14,22-24,26,31,33,37,39H,6-9,12,15-21,25,27H2,1-5H3. The van der Waals surface area contributed by atoms with E-state index in [0.717, 1.165) is 55.0 Å². The van der Waals surface area contributed by atoms with Crippen molar-refractivity contribution < 1.29 is 19.4 Å². The summed E-state index contributed by atoms with van der Waals surface area (Å²) in [6.07, 6.45) is 25.3. The Morgan fingerprint density at radius 1 is 1.05 bits per heavy atom. The number of unbranched alkanes of at least 4 members (excludes halogenated alkanes) is 8. The molecular formula is C36H55NO4. The van der Waals surface area contributed by atoms with E-state index in [1.165, 1.54) is 44.1 Å². The predicted octanol–water partition coefficient (Wildman–Crippen LogP) is 9.10. The molecule has 0 spiro atoms. The summed E-state index contributed by atoms with van der Waals surface area (Å²) in [6, 6.07) is 6.40. The van der Waals surface area contributed by atoms with E-state index in [2.05, 4.69) is 68.3 Å². The molecule has 0 saturated carbocycles. The molecule has 2 N–H and O–H groups in total. The minimum atomic E-state index is -1.04. The molecule has 2 heterocycles. The first-order valence-electron chi connectivity index (χ1n) is 16.1. The summed E-state index contributed by atoms with van der Waals surface area (Å²) in [6.45, 7) is 10.2. The van der Waals surface area contributed by atoms with Crippen molar-refractivity contribution in [2.45, 2.75) is 141 Å². The highest BCUT2D eigenvalue weighted by atomic mass is 16.6. The second-order valence-corrected chi connectivity index (χ2v) is 12.9. The third-order valence-corrected chi connectivity index (χ3v) is 8.33. The number of hydrogen-bond donors (Lipinski definition) is 2. The van der Waals surface area contributed by atoms with Crippen molar-refractivity contribution >= 4 is 16.9 Å². The second kappa shape index (κ2) is 16.3. The van der Waals surface area contributed by atoms with Crippen LogP contribution in [-0.4, -0.2) is 40.0 Å². The van der Waals surface area contributed by atoms with Gasteiger partial charge in [0, 0.05) is 35.9 Å². The number of aromatic nitrogens is 1. The summed E-state index contributed by atoms with van der Waals surface area (Å²) < 4.78 is 11.5. The number of hydrogen-bond acceptors (Lipinski definition) is 4. The quantitative estimate of drug-likeness (QED) is 0.0726. The van der Waals surface area contributed by atoms with Crippen LogP contribution in [0.3, 0.4) is 0 Å². The van der Waals surface area contributed by atoms with Gasteiger partial charge in [-0.15, -0.1) is 0 Å². The van der Waals surface area contributed by atoms with Crippen molar-refractivity contribution in [2.24, 2.45) is 0 Å². The Morgan fingerprint density at radius 2 is 1.71 bits per heavy atom. The van der Waals surface area contributed by atoms with Crippen LogP contribution < -0.4 is 0 Å². The van der Waals surface area contributed by atoms with Crippen molar-refractivity contribution in [2.75, 3.05) is 6.61 Å². The third-order valence-electron chi connectivity index (χ3n) is 8.33. The van der Waals surface area contributed by atoms with E-state index in [4.69, 9.17) is 9.47 Å². The second-order valence-electron chi connectivity index (χ2n) is 12.9. The van der Waals surface area contributed by atoms with Crippen LogP contribution in [-0.2, 0) is 20.7 Å². The molecule has 2 aromatic rings. The summed E-state index contributed by atoms with van der Waals surface area (Å²) >= 11 is 0. The molecule has 5 nitrogen and oxygen atoms in total. The molecule has 1 saturated heterocycles. The van der Waals surface area contributed by atoms with E-state index in [1.807, 2.05) is 6.20 Å². The average Bonchev–Trinajstić information content (AvgIpc) is 3.31. The number of carbonyl (C=O) groups is 1. The molecule has 5 heteroatoms. The lowest BCUT2D eigenvalue weighted by Gasteiger charge is -2.29. The normalized spacial score (nSPS) is 17.6. The fourth-order valence-electron chi connectivity index (χ4n) is 5.44. The fraction of sp³-hybridized carbons (Fsp3) is 0.639. The number of aliphatic hydroxyl groups is 1. The Bertz CT molecular complexity index is 1120. The van der Waals surface area contributed by atoms with Crippen molar-refractivity contribution in [1.82, 2.24) is 4.98 Å². The molecule has 1 aliphatic rings. The van der Waals surface area contributed by atoms with Gasteiger partial charge in [-0.2, -0.15) is 0 Å². The van der Waals surface area contributed by atoms with Gasteiger partial charge >= 0.3 is 5.97 Å². The maximum atomic E-state index is 12.5. The van der Waals surface area contributed by atoms with E-state index in [0.29, 0.717) is 6.42 Å². The highest BCUT2D eigenvalue weighted by molar-refractivity contribution is 5.84. The largest absolute Gasteiger partial charge is 0.465 e. The first kappa shape index (κ1) is 33.1. The molecule has 0 amide bonds. The Balaban J connectivity index is 1.35. The third kappa shape index (κ3) is 11.4. The molecule has 228 valence electrons. The molecule has 1 fully saturated rings. The van der Waals surface area contributed by atoms with Gasteiger partial charge in [-0.05, 0) is 89.5 Å². The Morgan fingerprint density at radius 3 is 2.37 bits per heavy atom. The van der Waals surface area contributed by atoms with Gasteiger partial charge in [-0.1, -0.05) is 69.4 Å². The molecule has 3 rings (SSSR count). The maximum Gasteiger partial charge on any atom is 0.305 e. The van der Waals surface area contributed by atoms with Crippen LogP contribution in [0.4, 0.5) is 0 Å². The van der Waals surface area contributed by atoms with Crippen LogP contribution in [0.2, 0.25) is 0 Å². The molecule has 0 bridgehead atoms. The summed E-state index contributed by atoms with van der Waals surface area (Å²) in [5.41, 5.74) is 2.12. The molecule has 1 aromatic carbocycles. The van der Waals surface area contributed by atoms with Crippen molar-refractivity contribution in [3.05, 3.63) is 59.8 Å². The highest BCUT2D eigenvalue weighted by Crippen LogP contribution is 2.39. The zero-order valence-corrected chi connectivity index (χ0v) is 26.3. The molecule has 0 aliphatic carbocycles. The van der Waals surface area contributed by atoms with E-state index >= 15 is 0 Å². The lowest BCUT2D eigenvalue weighted by atomic mass is 9.85. The van der Waals surface area contributed by atoms with Gasteiger partial charge in [0.05, 0.1) is 17.3 Å². The monoisotopic (exact) mass is 565 g/mol. The van der Waals surface area contributed by atoms with Crippen LogP contribution in [0.1, 0.15) is 129 Å². The molecule has 2 atom stereocenters. The van der Waals surface area contributed by atoms with Gasteiger partial charge in [-0.3, -0.25) is 4.79 Å². The van der Waals surface area contributed by atoms with Crippen LogP contribution in [0.5, 0.6) is 0 Å². The van der Waals surface area contributed by atoms with Crippen molar-refractivity contribution in [3.8, 4) is 0 Å². The molecule has 0 radical (unpaired) electrons. The number of H-pyrrole nitrogens is 1. The minimum absolute atomic E-state index is 0.0538. The van der Waals surface area contributed by atoms with E-state index in [9.17, 15) is 9.90 Å². The van der Waals surface area contributed by atoms with Gasteiger partial charge in [0.2, 0.25) is 0 Å². The highest BCUT2D eigenvalue weighted by Gasteiger charge is 2.47. The first-order chi connectivity index (χ1) is 19.6. The average molecular weight is 566 g/mol. The van der Waals surface area contributed by atoms with Crippen molar-refractivity contribution in [3.63, 3.8) is 0 Å². The number of aromatic amines is 1. The lowest BCUT2D eigenvalue weighted by molar-refractivity contribution is -0.145. The number of nitrogens with one attached hydrogen (secondary N) is 1. The SMILES string of the molecule is CCCCCC=CCC=CCCCCCCCC(=O)OCC(c1c[nH]c2ccc(CC3OC3(C)C)cc12)C(C)(C)O. The van der Waals surface area contributed by atoms with Crippen LogP contribution in [0.15, 0.2) is 48.7 Å². The van der Waals surface area contributed by atoms with Gasteiger partial charge in [-0.25, -0.2) is 0 Å². The Labute approximate surface area is 248 Å². The number of epoxide rings is 1. The topological polar surface area (TPSA) is 74.9 Å². The number of esters is 1. The van der Waals surface area contributed by atoms with Gasteiger partial charge in [0.25, 0.3) is 0 Å². The Hall–Kier alpha value is -2.37. The van der Waals surface area contributed by atoms with E-state index < -0.39 is 5.60 Å². The number of allylic oxidation sites excluding steroid dienone is 4. The Kier molecular flexibility index (Phi) is 13.2. The van der Waals surface area contributed by atoms with Gasteiger partial charge in [0.1, 0.15) is 6.61 Å². The number of rotatable bonds is 20. The zero-order valence-electron chi connectivity index (χ0n) is 26.3. The van der Waals surface area contributed by atoms with Crippen LogP contribution in [0.25, 0.3) is 10.9 Å². The zero-order chi connectivity index (χ0) is 29.7. The number of benzene rings is 1. The van der Waals surface area contributed by atoms with E-state index in [1.54, 1.807) is 13.8 Å². The molecule has 2 unspecified atom stereocenters. The summed E-state index contributed by atoms with van der Waals surface area (Å²) in [5.74, 6) is -0.507. The van der Waals surface area contributed by atoms with Crippen LogP contribution in [0, 0.1) is 0 Å². The van der Waals surface area contributed by atoms with Gasteiger partial charge in [0.15, 0.2) is 0 Å². The smallest absolute Gasteiger partial charge is 0.305 e. The molecule has 41 heavy (non-hydrogen) atoms. The minimum Gasteiger partial charge on any atom is -0.465 e. The summed E-state index contributed by atoms with van der Waals surface area (Å²) in [7, 11) is 0. The molecular weight excluding hydrogens is 510 g/mol. The maximum absolute atomic E-state index is 12.5. The lowest BCUT2D eigenvalue weighted by Crippen LogP contribution is -2.33. The summed E-state index contributed by atoms with van der Waals surface area (Å²) in [4.78, 5) is 15.9. The predicted molar refractivity (Wildman–Crippen MR) is 170 cm³/mol. The molecule has 1 aromatic heterocycles. The number of fused-ring (bicyclic) bond motifs is 1. The van der Waals surface area contributed by atoms with Crippen LogP contribution >= 0.6 is 0 Å². The molecule has 1 aliphatic heterocycles. The summed E-state index contributed by atoms with van der Waals surface area (Å²) in [5, 5.41) is 12.1.